The Morgan fingerprint density at radius 1 is 1.15 bits per heavy atom. The van der Waals surface area contributed by atoms with Gasteiger partial charge in [0.05, 0.1) is 19.8 Å². The van der Waals surface area contributed by atoms with E-state index < -0.39 is 11.9 Å². The van der Waals surface area contributed by atoms with Crippen LogP contribution < -0.4 is 15.4 Å². The van der Waals surface area contributed by atoms with Gasteiger partial charge < -0.3 is 20.5 Å². The quantitative estimate of drug-likeness (QED) is 0.328. The lowest BCUT2D eigenvalue weighted by atomic mass is 10.1. The van der Waals surface area contributed by atoms with Crippen molar-refractivity contribution in [3.63, 3.8) is 0 Å². The molecule has 1 atom stereocenters. The predicted molar refractivity (Wildman–Crippen MR) is 113 cm³/mol. The Kier molecular flexibility index (Phi) is 9.97. The zero-order chi connectivity index (χ0) is 18.1. The molecule has 2 aromatic rings. The van der Waals surface area contributed by atoms with Crippen LogP contribution in [0.1, 0.15) is 24.2 Å². The number of methoxy groups -OCH3 is 1. The molecule has 2 rings (SSSR count). The molecule has 0 aliphatic rings. The first-order chi connectivity index (χ1) is 12.1. The molecular weight excluding hydrogens is 448 g/mol. The maximum Gasteiger partial charge on any atom is 0.191 e. The molecule has 0 amide bonds. The maximum absolute atomic E-state index is 13.7. The summed E-state index contributed by atoms with van der Waals surface area (Å²) in [5, 5.41) is 16.3. The molecule has 0 saturated carbocycles. The molecule has 5 nitrogen and oxygen atoms in total. The first kappa shape index (κ1) is 22.2. The molecular formula is C19H25FIN3O2. The van der Waals surface area contributed by atoms with Gasteiger partial charge in [-0.1, -0.05) is 30.3 Å². The fraction of sp³-hybridized carbons (Fsp3) is 0.316. The first-order valence-electron chi connectivity index (χ1n) is 8.21. The average molecular weight is 473 g/mol. The lowest BCUT2D eigenvalue weighted by molar-refractivity contribution is 0.176. The van der Waals surface area contributed by atoms with Crippen molar-refractivity contribution in [1.29, 1.82) is 0 Å². The summed E-state index contributed by atoms with van der Waals surface area (Å²) in [6, 6.07) is 13.9. The topological polar surface area (TPSA) is 65.9 Å². The van der Waals surface area contributed by atoms with E-state index in [1.165, 1.54) is 6.07 Å². The number of hydrogen-bond acceptors (Lipinski definition) is 3. The highest BCUT2D eigenvalue weighted by Crippen LogP contribution is 2.15. The summed E-state index contributed by atoms with van der Waals surface area (Å²) >= 11 is 0. The highest BCUT2D eigenvalue weighted by molar-refractivity contribution is 14.0. The maximum atomic E-state index is 13.7. The fourth-order valence-corrected chi connectivity index (χ4v) is 2.29. The van der Waals surface area contributed by atoms with E-state index in [0.29, 0.717) is 19.0 Å². The molecule has 2 aromatic carbocycles. The van der Waals surface area contributed by atoms with Gasteiger partial charge in [0.1, 0.15) is 11.6 Å². The number of benzene rings is 2. The molecule has 1 unspecified atom stereocenters. The number of aliphatic hydroxyl groups is 1. The Labute approximate surface area is 170 Å². The minimum Gasteiger partial charge on any atom is -0.497 e. The second-order valence-electron chi connectivity index (χ2n) is 5.46. The number of nitrogens with zero attached hydrogens (tertiary/aromatic N) is 1. The van der Waals surface area contributed by atoms with Gasteiger partial charge in [-0.3, -0.25) is 0 Å². The third kappa shape index (κ3) is 6.80. The standard InChI is InChI=1S/C19H24FN3O2.HI/c1-3-21-19(22-12-14-8-10-15(25-2)11-9-14)23-13-18(24)16-6-4-5-7-17(16)20;/h4-11,18,24H,3,12-13H2,1-2H3,(H2,21,22,23);1H. The lowest BCUT2D eigenvalue weighted by Crippen LogP contribution is -2.39. The minimum atomic E-state index is -0.953. The number of rotatable bonds is 7. The third-order valence-corrected chi connectivity index (χ3v) is 3.65. The van der Waals surface area contributed by atoms with E-state index in [2.05, 4.69) is 15.6 Å². The van der Waals surface area contributed by atoms with Crippen molar-refractivity contribution in [2.75, 3.05) is 20.2 Å². The van der Waals surface area contributed by atoms with Gasteiger partial charge in [-0.05, 0) is 30.7 Å². The third-order valence-electron chi connectivity index (χ3n) is 3.65. The normalized spacial score (nSPS) is 12.1. The van der Waals surface area contributed by atoms with Gasteiger partial charge in [0.2, 0.25) is 0 Å². The van der Waals surface area contributed by atoms with Gasteiger partial charge in [-0.2, -0.15) is 0 Å². The summed E-state index contributed by atoms with van der Waals surface area (Å²) in [5.74, 6) is 0.941. The van der Waals surface area contributed by atoms with E-state index in [1.54, 1.807) is 25.3 Å². The van der Waals surface area contributed by atoms with Crippen molar-refractivity contribution >= 4 is 29.9 Å². The summed E-state index contributed by atoms with van der Waals surface area (Å²) in [6.45, 7) is 3.28. The van der Waals surface area contributed by atoms with Gasteiger partial charge >= 0.3 is 0 Å². The molecule has 26 heavy (non-hydrogen) atoms. The van der Waals surface area contributed by atoms with Crippen LogP contribution in [0.4, 0.5) is 4.39 Å². The first-order valence-corrected chi connectivity index (χ1v) is 8.21. The van der Waals surface area contributed by atoms with Crippen molar-refractivity contribution in [2.45, 2.75) is 19.6 Å². The molecule has 0 saturated heterocycles. The van der Waals surface area contributed by atoms with Crippen LogP contribution in [0, 0.1) is 5.82 Å². The van der Waals surface area contributed by atoms with E-state index in [-0.39, 0.29) is 36.1 Å². The van der Waals surface area contributed by atoms with Crippen LogP contribution in [0.3, 0.4) is 0 Å². The van der Waals surface area contributed by atoms with Gasteiger partial charge in [0.25, 0.3) is 0 Å². The molecule has 0 bridgehead atoms. The number of ether oxygens (including phenoxy) is 1. The van der Waals surface area contributed by atoms with Crippen molar-refractivity contribution in [1.82, 2.24) is 10.6 Å². The Morgan fingerprint density at radius 3 is 2.46 bits per heavy atom. The van der Waals surface area contributed by atoms with Crippen LogP contribution >= 0.6 is 24.0 Å². The zero-order valence-corrected chi connectivity index (χ0v) is 17.2. The second-order valence-corrected chi connectivity index (χ2v) is 5.46. The van der Waals surface area contributed by atoms with E-state index >= 15 is 0 Å². The number of aliphatic imine (C=N–C) groups is 1. The van der Waals surface area contributed by atoms with E-state index in [9.17, 15) is 9.50 Å². The molecule has 0 aliphatic heterocycles. The molecule has 0 heterocycles. The molecule has 0 aromatic heterocycles. The molecule has 142 valence electrons. The average Bonchev–Trinajstić information content (AvgIpc) is 2.64. The SMILES string of the molecule is CCNC(=NCc1ccc(OC)cc1)NCC(O)c1ccccc1F.I. The zero-order valence-electron chi connectivity index (χ0n) is 14.9. The Morgan fingerprint density at radius 2 is 1.85 bits per heavy atom. The van der Waals surface area contributed by atoms with Crippen LogP contribution in [0.2, 0.25) is 0 Å². The second kappa shape index (κ2) is 11.7. The van der Waals surface area contributed by atoms with Crippen molar-refractivity contribution in [3.05, 3.63) is 65.5 Å². The van der Waals surface area contributed by atoms with E-state index in [1.807, 2.05) is 31.2 Å². The van der Waals surface area contributed by atoms with Crippen molar-refractivity contribution in [3.8, 4) is 5.75 Å². The molecule has 0 aliphatic carbocycles. The van der Waals surface area contributed by atoms with Crippen LogP contribution in [-0.4, -0.2) is 31.3 Å². The summed E-state index contributed by atoms with van der Waals surface area (Å²) < 4.78 is 18.8. The smallest absolute Gasteiger partial charge is 0.191 e. The predicted octanol–water partition coefficient (Wildman–Crippen LogP) is 3.24. The Bertz CT molecular complexity index is 695. The van der Waals surface area contributed by atoms with Gasteiger partial charge in [-0.25, -0.2) is 9.38 Å². The Hall–Kier alpha value is -1.87. The number of hydrogen-bond donors (Lipinski definition) is 3. The molecule has 0 radical (unpaired) electrons. The summed E-state index contributed by atoms with van der Waals surface area (Å²) in [6.07, 6.45) is -0.953. The number of aliphatic hydroxyl groups excluding tert-OH is 1. The van der Waals surface area contributed by atoms with Gasteiger partial charge in [0.15, 0.2) is 5.96 Å². The summed E-state index contributed by atoms with van der Waals surface area (Å²) in [5.41, 5.74) is 1.30. The number of halogens is 2. The van der Waals surface area contributed by atoms with E-state index in [4.69, 9.17) is 4.74 Å². The lowest BCUT2D eigenvalue weighted by Gasteiger charge is -2.16. The minimum absolute atomic E-state index is 0. The van der Waals surface area contributed by atoms with Crippen LogP contribution in [0.15, 0.2) is 53.5 Å². The molecule has 3 N–H and O–H groups in total. The highest BCUT2D eigenvalue weighted by atomic mass is 127. The van der Waals surface area contributed by atoms with Gasteiger partial charge in [0, 0.05) is 18.7 Å². The van der Waals surface area contributed by atoms with Crippen molar-refractivity contribution < 1.29 is 14.2 Å². The summed E-state index contributed by atoms with van der Waals surface area (Å²) in [7, 11) is 1.63. The van der Waals surface area contributed by atoms with Crippen LogP contribution in [0.5, 0.6) is 5.75 Å². The Balaban J connectivity index is 0.00000338. The summed E-state index contributed by atoms with van der Waals surface area (Å²) in [4.78, 5) is 4.48. The van der Waals surface area contributed by atoms with E-state index in [0.717, 1.165) is 11.3 Å². The number of nitrogens with one attached hydrogen (secondary N) is 2. The molecule has 7 heteroatoms. The van der Waals surface area contributed by atoms with Gasteiger partial charge in [-0.15, -0.1) is 24.0 Å². The van der Waals surface area contributed by atoms with Crippen LogP contribution in [-0.2, 0) is 6.54 Å². The highest BCUT2D eigenvalue weighted by Gasteiger charge is 2.12. The fourth-order valence-electron chi connectivity index (χ4n) is 2.29. The van der Waals surface area contributed by atoms with Crippen molar-refractivity contribution in [2.24, 2.45) is 4.99 Å². The monoisotopic (exact) mass is 473 g/mol. The van der Waals surface area contributed by atoms with Crippen LogP contribution in [0.25, 0.3) is 0 Å². The number of guanidine groups is 1. The molecule has 0 fully saturated rings. The molecule has 0 spiro atoms. The largest absolute Gasteiger partial charge is 0.497 e.